The molecule has 0 heterocycles. The number of ether oxygens (including phenoxy) is 3. The molecule has 0 bridgehead atoms. The Kier molecular flexibility index (Phi) is 4.87. The normalized spacial score (nSPS) is 11.6. The lowest BCUT2D eigenvalue weighted by molar-refractivity contribution is -0.180. The number of nitrogens with zero attached hydrogens (tertiary/aromatic N) is 1. The number of hydrogen-bond donors (Lipinski definition) is 0. The van der Waals surface area contributed by atoms with Crippen LogP contribution in [-0.4, -0.2) is 44.3 Å². The molecule has 0 aromatic carbocycles. The van der Waals surface area contributed by atoms with Gasteiger partial charge in [0.1, 0.15) is 5.60 Å². The first-order valence-electron chi connectivity index (χ1n) is 4.33. The van der Waals surface area contributed by atoms with Gasteiger partial charge in [-0.15, -0.1) is 0 Å². The summed E-state index contributed by atoms with van der Waals surface area (Å²) < 4.78 is 14.9. The van der Waals surface area contributed by atoms with Gasteiger partial charge in [0.15, 0.2) is 0 Å². The number of rotatable bonds is 3. The molecule has 0 aliphatic rings. The van der Waals surface area contributed by atoms with Crippen LogP contribution in [0.4, 0.5) is 4.79 Å². The van der Waals surface area contributed by atoms with Crippen molar-refractivity contribution in [3.63, 3.8) is 0 Å². The third kappa shape index (κ3) is 4.43. The highest BCUT2D eigenvalue weighted by Crippen LogP contribution is 2.10. The summed E-state index contributed by atoms with van der Waals surface area (Å²) in [6.07, 6.45) is -1.20. The maximum Gasteiger partial charge on any atom is 0.413 e. The number of amides is 1. The van der Waals surface area contributed by atoms with Crippen molar-refractivity contribution in [2.75, 3.05) is 21.3 Å². The summed E-state index contributed by atoms with van der Waals surface area (Å²) in [7, 11) is 4.45. The van der Waals surface area contributed by atoms with Crippen LogP contribution in [0.3, 0.4) is 0 Å². The Labute approximate surface area is 84.9 Å². The van der Waals surface area contributed by atoms with E-state index in [9.17, 15) is 4.79 Å². The van der Waals surface area contributed by atoms with Crippen LogP contribution in [0.25, 0.3) is 0 Å². The quantitative estimate of drug-likeness (QED) is 0.654. The van der Waals surface area contributed by atoms with Crippen molar-refractivity contribution in [1.82, 2.24) is 4.90 Å². The molecule has 5 heteroatoms. The molecule has 0 atom stereocenters. The van der Waals surface area contributed by atoms with E-state index in [4.69, 9.17) is 14.2 Å². The summed E-state index contributed by atoms with van der Waals surface area (Å²) >= 11 is 0. The van der Waals surface area contributed by atoms with Crippen LogP contribution in [0.15, 0.2) is 0 Å². The second-order valence-corrected chi connectivity index (χ2v) is 3.87. The van der Waals surface area contributed by atoms with E-state index in [1.165, 1.54) is 19.1 Å². The van der Waals surface area contributed by atoms with Gasteiger partial charge in [-0.2, -0.15) is 0 Å². The van der Waals surface area contributed by atoms with E-state index in [0.29, 0.717) is 0 Å². The number of carbonyl (C=O) groups is 1. The van der Waals surface area contributed by atoms with E-state index in [1.807, 2.05) is 0 Å². The third-order valence-corrected chi connectivity index (χ3v) is 1.40. The summed E-state index contributed by atoms with van der Waals surface area (Å²) in [5.41, 5.74) is -0.516. The van der Waals surface area contributed by atoms with Gasteiger partial charge >= 0.3 is 6.09 Å². The van der Waals surface area contributed by atoms with Crippen LogP contribution in [-0.2, 0) is 14.2 Å². The molecule has 5 nitrogen and oxygen atoms in total. The summed E-state index contributed by atoms with van der Waals surface area (Å²) in [6, 6.07) is 0. The zero-order valence-corrected chi connectivity index (χ0v) is 9.66. The fraction of sp³-hybridized carbons (Fsp3) is 0.889. The molecule has 0 spiro atoms. The molecule has 0 saturated heterocycles. The van der Waals surface area contributed by atoms with E-state index < -0.39 is 18.1 Å². The maximum atomic E-state index is 11.5. The standard InChI is InChI=1S/C9H19NO4/c1-9(2,3)14-7(11)10(4)8(12-5)13-6/h8H,1-6H3. The molecule has 0 fully saturated rings. The zero-order chi connectivity index (χ0) is 11.4. The minimum absolute atomic E-state index is 0.480. The van der Waals surface area contributed by atoms with Gasteiger partial charge in [-0.1, -0.05) is 0 Å². The number of methoxy groups -OCH3 is 2. The molecule has 84 valence electrons. The van der Waals surface area contributed by atoms with Crippen molar-refractivity contribution in [1.29, 1.82) is 0 Å². The van der Waals surface area contributed by atoms with Crippen LogP contribution in [0.2, 0.25) is 0 Å². The Morgan fingerprint density at radius 3 is 1.93 bits per heavy atom. The smallest absolute Gasteiger partial charge is 0.413 e. The Balaban J connectivity index is 4.24. The summed E-state index contributed by atoms with van der Waals surface area (Å²) in [6.45, 7) is 5.40. The fourth-order valence-corrected chi connectivity index (χ4v) is 0.832. The summed E-state index contributed by atoms with van der Waals surface area (Å²) in [4.78, 5) is 12.7. The molecule has 0 saturated carbocycles. The summed E-state index contributed by atoms with van der Waals surface area (Å²) in [5.74, 6) is 0. The minimum atomic E-state index is -0.718. The van der Waals surface area contributed by atoms with Crippen molar-refractivity contribution in [3.05, 3.63) is 0 Å². The first kappa shape index (κ1) is 13.2. The highest BCUT2D eigenvalue weighted by Gasteiger charge is 2.24. The summed E-state index contributed by atoms with van der Waals surface area (Å²) in [5, 5.41) is 0. The predicted octanol–water partition coefficient (Wildman–Crippen LogP) is 1.43. The van der Waals surface area contributed by atoms with Gasteiger partial charge in [-0.25, -0.2) is 4.79 Å². The average Bonchev–Trinajstić information content (AvgIpc) is 2.03. The van der Waals surface area contributed by atoms with Gasteiger partial charge in [0.05, 0.1) is 0 Å². The molecule has 14 heavy (non-hydrogen) atoms. The van der Waals surface area contributed by atoms with Crippen LogP contribution in [0, 0.1) is 0 Å². The Morgan fingerprint density at radius 2 is 1.64 bits per heavy atom. The highest BCUT2D eigenvalue weighted by molar-refractivity contribution is 5.67. The highest BCUT2D eigenvalue weighted by atomic mass is 16.7. The van der Waals surface area contributed by atoms with Crippen LogP contribution in [0.5, 0.6) is 0 Å². The Bertz CT molecular complexity index is 184. The third-order valence-electron chi connectivity index (χ3n) is 1.40. The van der Waals surface area contributed by atoms with Crippen molar-refractivity contribution in [2.45, 2.75) is 32.8 Å². The van der Waals surface area contributed by atoms with Gasteiger partial charge < -0.3 is 14.2 Å². The average molecular weight is 205 g/mol. The molecule has 0 aromatic rings. The van der Waals surface area contributed by atoms with E-state index in [2.05, 4.69) is 0 Å². The number of carbonyl (C=O) groups excluding carboxylic acids is 1. The molecule has 0 unspecified atom stereocenters. The predicted molar refractivity (Wildman–Crippen MR) is 51.8 cm³/mol. The molecule has 0 radical (unpaired) electrons. The van der Waals surface area contributed by atoms with E-state index in [1.54, 1.807) is 27.8 Å². The SMILES string of the molecule is COC(OC)N(C)C(=O)OC(C)(C)C. The number of hydrogen-bond acceptors (Lipinski definition) is 4. The second kappa shape index (κ2) is 5.17. The lowest BCUT2D eigenvalue weighted by atomic mass is 10.2. The van der Waals surface area contributed by atoms with E-state index >= 15 is 0 Å². The van der Waals surface area contributed by atoms with Crippen molar-refractivity contribution in [3.8, 4) is 0 Å². The molecule has 0 aromatic heterocycles. The van der Waals surface area contributed by atoms with Gasteiger partial charge in [0, 0.05) is 21.3 Å². The van der Waals surface area contributed by atoms with Crippen LogP contribution >= 0.6 is 0 Å². The maximum absolute atomic E-state index is 11.5. The molecule has 0 rings (SSSR count). The van der Waals surface area contributed by atoms with E-state index in [0.717, 1.165) is 0 Å². The molecule has 0 N–H and O–H groups in total. The molecule has 0 aliphatic carbocycles. The van der Waals surface area contributed by atoms with Crippen LogP contribution < -0.4 is 0 Å². The molecule has 1 amide bonds. The second-order valence-electron chi connectivity index (χ2n) is 3.87. The minimum Gasteiger partial charge on any atom is -0.444 e. The Morgan fingerprint density at radius 1 is 1.21 bits per heavy atom. The van der Waals surface area contributed by atoms with E-state index in [-0.39, 0.29) is 0 Å². The molecule has 0 aliphatic heterocycles. The monoisotopic (exact) mass is 205 g/mol. The molecular formula is C9H19NO4. The van der Waals surface area contributed by atoms with Gasteiger partial charge in [-0.05, 0) is 20.8 Å². The first-order valence-corrected chi connectivity index (χ1v) is 4.33. The van der Waals surface area contributed by atoms with Crippen molar-refractivity contribution < 1.29 is 19.0 Å². The largest absolute Gasteiger partial charge is 0.444 e. The zero-order valence-electron chi connectivity index (χ0n) is 9.66. The van der Waals surface area contributed by atoms with Crippen molar-refractivity contribution in [2.24, 2.45) is 0 Å². The molecular weight excluding hydrogens is 186 g/mol. The van der Waals surface area contributed by atoms with Crippen LogP contribution in [0.1, 0.15) is 20.8 Å². The van der Waals surface area contributed by atoms with Gasteiger partial charge in [0.25, 0.3) is 0 Å². The van der Waals surface area contributed by atoms with Gasteiger partial charge in [0.2, 0.25) is 6.41 Å². The first-order chi connectivity index (χ1) is 6.31. The van der Waals surface area contributed by atoms with Crippen molar-refractivity contribution >= 4 is 6.09 Å². The lowest BCUT2D eigenvalue weighted by Crippen LogP contribution is -2.42. The fourth-order valence-electron chi connectivity index (χ4n) is 0.832. The Hall–Kier alpha value is -0.810. The topological polar surface area (TPSA) is 48.0 Å². The van der Waals surface area contributed by atoms with Gasteiger partial charge in [-0.3, -0.25) is 4.90 Å². The lowest BCUT2D eigenvalue weighted by Gasteiger charge is -2.28.